The van der Waals surface area contributed by atoms with Crippen molar-refractivity contribution in [1.82, 2.24) is 4.57 Å². The van der Waals surface area contributed by atoms with E-state index >= 15 is 0 Å². The first-order chi connectivity index (χ1) is 6.59. The maximum absolute atomic E-state index is 11.2. The zero-order valence-corrected chi connectivity index (χ0v) is 8.75. The van der Waals surface area contributed by atoms with Crippen LogP contribution < -0.4 is 5.14 Å². The van der Waals surface area contributed by atoms with E-state index in [1.807, 2.05) is 12.1 Å². The highest BCUT2D eigenvalue weighted by Gasteiger charge is 2.16. The fraction of sp³-hybridized carbons (Fsp3) is 0. The molecule has 2 heterocycles. The molecule has 0 aliphatic heterocycles. The van der Waals surface area contributed by atoms with Crippen LogP contribution in [0.1, 0.15) is 0 Å². The van der Waals surface area contributed by atoms with Crippen LogP contribution >= 0.6 is 11.3 Å². The summed E-state index contributed by atoms with van der Waals surface area (Å²) in [6.07, 6.45) is 3.55. The molecule has 0 aliphatic carbocycles. The van der Waals surface area contributed by atoms with Gasteiger partial charge in [-0.2, -0.15) is 0 Å². The lowest BCUT2D eigenvalue weighted by atomic mass is 10.5. The van der Waals surface area contributed by atoms with Crippen LogP contribution in [0.3, 0.4) is 0 Å². The number of aromatic nitrogens is 1. The molecule has 4 nitrogen and oxygen atoms in total. The van der Waals surface area contributed by atoms with Crippen LogP contribution in [-0.2, 0) is 10.0 Å². The SMILES string of the molecule is NS(=O)(=O)c1sccc1-n1cccc1. The van der Waals surface area contributed by atoms with Gasteiger partial charge in [0.1, 0.15) is 0 Å². The Hall–Kier alpha value is -1.11. The number of thiophene rings is 1. The van der Waals surface area contributed by atoms with E-state index in [0.717, 1.165) is 11.3 Å². The Kier molecular flexibility index (Phi) is 2.18. The van der Waals surface area contributed by atoms with E-state index in [0.29, 0.717) is 5.69 Å². The van der Waals surface area contributed by atoms with Crippen molar-refractivity contribution in [2.75, 3.05) is 0 Å². The average molecular weight is 228 g/mol. The topological polar surface area (TPSA) is 65.1 Å². The van der Waals surface area contributed by atoms with E-state index in [-0.39, 0.29) is 4.21 Å². The average Bonchev–Trinajstić information content (AvgIpc) is 2.73. The van der Waals surface area contributed by atoms with Crippen molar-refractivity contribution >= 4 is 21.4 Å². The summed E-state index contributed by atoms with van der Waals surface area (Å²) in [5, 5.41) is 6.78. The second-order valence-corrected chi connectivity index (χ2v) is 5.40. The molecule has 2 rings (SSSR count). The first-order valence-corrected chi connectivity index (χ1v) is 6.25. The Morgan fingerprint density at radius 3 is 2.50 bits per heavy atom. The van der Waals surface area contributed by atoms with E-state index in [9.17, 15) is 8.42 Å². The molecule has 0 spiro atoms. The van der Waals surface area contributed by atoms with Gasteiger partial charge in [-0.1, -0.05) is 0 Å². The Morgan fingerprint density at radius 2 is 1.93 bits per heavy atom. The number of nitrogens with two attached hydrogens (primary N) is 1. The number of hydrogen-bond donors (Lipinski definition) is 1. The normalized spacial score (nSPS) is 11.8. The van der Waals surface area contributed by atoms with Gasteiger partial charge < -0.3 is 4.57 Å². The first kappa shape index (κ1) is 9.45. The number of sulfonamides is 1. The molecule has 0 aliphatic rings. The lowest BCUT2D eigenvalue weighted by molar-refractivity contribution is 0.599. The highest BCUT2D eigenvalue weighted by molar-refractivity contribution is 7.91. The van der Waals surface area contributed by atoms with Gasteiger partial charge in [-0.3, -0.25) is 0 Å². The van der Waals surface area contributed by atoms with Crippen LogP contribution in [0, 0.1) is 0 Å². The summed E-state index contributed by atoms with van der Waals surface area (Å²) in [6.45, 7) is 0. The van der Waals surface area contributed by atoms with Crippen LogP contribution in [0.25, 0.3) is 5.69 Å². The molecule has 0 bridgehead atoms. The van der Waals surface area contributed by atoms with Gasteiger partial charge >= 0.3 is 0 Å². The molecule has 2 aromatic heterocycles. The van der Waals surface area contributed by atoms with Gasteiger partial charge in [0.2, 0.25) is 10.0 Å². The van der Waals surface area contributed by atoms with Gasteiger partial charge in [-0.15, -0.1) is 11.3 Å². The highest BCUT2D eigenvalue weighted by atomic mass is 32.2. The fourth-order valence-corrected chi connectivity index (χ4v) is 2.97. The highest BCUT2D eigenvalue weighted by Crippen LogP contribution is 2.24. The summed E-state index contributed by atoms with van der Waals surface area (Å²) in [6, 6.07) is 5.37. The van der Waals surface area contributed by atoms with E-state index in [1.165, 1.54) is 0 Å². The smallest absolute Gasteiger partial charge is 0.249 e. The van der Waals surface area contributed by atoms with E-state index in [1.54, 1.807) is 28.4 Å². The third-order valence-corrected chi connectivity index (χ3v) is 4.16. The van der Waals surface area contributed by atoms with Crippen molar-refractivity contribution in [3.8, 4) is 5.69 Å². The van der Waals surface area contributed by atoms with Gasteiger partial charge in [0, 0.05) is 12.4 Å². The standard InChI is InChI=1S/C8H8N2O2S2/c9-14(11,12)8-7(3-6-13-8)10-4-1-2-5-10/h1-6H,(H2,9,11,12). The second-order valence-electron chi connectivity index (χ2n) is 2.73. The van der Waals surface area contributed by atoms with E-state index in [2.05, 4.69) is 0 Å². The maximum Gasteiger partial charge on any atom is 0.249 e. The largest absolute Gasteiger partial charge is 0.322 e. The minimum atomic E-state index is -3.62. The van der Waals surface area contributed by atoms with Crippen molar-refractivity contribution in [1.29, 1.82) is 0 Å². The number of nitrogens with zero attached hydrogens (tertiary/aromatic N) is 1. The van der Waals surface area contributed by atoms with E-state index < -0.39 is 10.0 Å². The third kappa shape index (κ3) is 1.59. The zero-order chi connectivity index (χ0) is 10.2. The van der Waals surface area contributed by atoms with Crippen LogP contribution in [0.15, 0.2) is 40.2 Å². The number of hydrogen-bond acceptors (Lipinski definition) is 3. The Labute approximate surface area is 85.6 Å². The minimum Gasteiger partial charge on any atom is -0.322 e. The molecule has 0 saturated heterocycles. The van der Waals surface area contributed by atoms with Crippen LogP contribution in [0.4, 0.5) is 0 Å². The Bertz CT molecular complexity index is 525. The van der Waals surface area contributed by atoms with Crippen molar-refractivity contribution in [2.24, 2.45) is 5.14 Å². The molecule has 0 unspecified atom stereocenters. The van der Waals surface area contributed by atoms with Gasteiger partial charge in [0.25, 0.3) is 0 Å². The molecule has 0 aromatic carbocycles. The summed E-state index contributed by atoms with van der Waals surface area (Å²) in [5.41, 5.74) is 0.600. The molecule has 2 N–H and O–H groups in total. The molecule has 2 aromatic rings. The molecule has 14 heavy (non-hydrogen) atoms. The molecule has 0 atom stereocenters. The van der Waals surface area contributed by atoms with E-state index in [4.69, 9.17) is 5.14 Å². The Balaban J connectivity index is 2.62. The monoisotopic (exact) mass is 228 g/mol. The summed E-state index contributed by atoms with van der Waals surface area (Å²) in [7, 11) is -3.62. The molecule has 0 saturated carbocycles. The van der Waals surface area contributed by atoms with Gasteiger partial charge in [0.05, 0.1) is 5.69 Å². The predicted molar refractivity (Wildman–Crippen MR) is 55.0 cm³/mol. The predicted octanol–water partition coefficient (Wildman–Crippen LogP) is 1.19. The molecule has 0 fully saturated rings. The second kappa shape index (κ2) is 3.23. The van der Waals surface area contributed by atoms with Crippen LogP contribution in [-0.4, -0.2) is 13.0 Å². The zero-order valence-electron chi connectivity index (χ0n) is 7.12. The summed E-state index contributed by atoms with van der Waals surface area (Å²) in [4.78, 5) is 0. The van der Waals surface area contributed by atoms with Crippen LogP contribution in [0.2, 0.25) is 0 Å². The molecule has 0 radical (unpaired) electrons. The summed E-state index contributed by atoms with van der Waals surface area (Å²) >= 11 is 1.12. The van der Waals surface area contributed by atoms with Gasteiger partial charge in [0.15, 0.2) is 4.21 Å². The Morgan fingerprint density at radius 1 is 1.29 bits per heavy atom. The lowest BCUT2D eigenvalue weighted by Gasteiger charge is -2.01. The molecule has 0 amide bonds. The van der Waals surface area contributed by atoms with Crippen molar-refractivity contribution in [3.63, 3.8) is 0 Å². The lowest BCUT2D eigenvalue weighted by Crippen LogP contribution is -2.12. The number of primary sulfonamides is 1. The minimum absolute atomic E-state index is 0.189. The summed E-state index contributed by atoms with van der Waals surface area (Å²) in [5.74, 6) is 0. The number of rotatable bonds is 2. The van der Waals surface area contributed by atoms with Gasteiger partial charge in [-0.25, -0.2) is 13.6 Å². The molecule has 6 heteroatoms. The van der Waals surface area contributed by atoms with Crippen molar-refractivity contribution < 1.29 is 8.42 Å². The quantitative estimate of drug-likeness (QED) is 0.839. The fourth-order valence-electron chi connectivity index (χ4n) is 1.19. The summed E-state index contributed by atoms with van der Waals surface area (Å²) < 4.78 is 24.3. The van der Waals surface area contributed by atoms with Crippen LogP contribution in [0.5, 0.6) is 0 Å². The third-order valence-electron chi connectivity index (χ3n) is 1.75. The maximum atomic E-state index is 11.2. The van der Waals surface area contributed by atoms with Crippen molar-refractivity contribution in [2.45, 2.75) is 4.21 Å². The molecular weight excluding hydrogens is 220 g/mol. The molecular formula is C8H8N2O2S2. The molecule has 74 valence electrons. The van der Waals surface area contributed by atoms with Crippen molar-refractivity contribution in [3.05, 3.63) is 36.0 Å². The van der Waals surface area contributed by atoms with Gasteiger partial charge in [-0.05, 0) is 23.6 Å². The first-order valence-electron chi connectivity index (χ1n) is 3.82.